The zero-order valence-corrected chi connectivity index (χ0v) is 15.4. The molecule has 1 amide bonds. The summed E-state index contributed by atoms with van der Waals surface area (Å²) in [4.78, 5) is 14.8. The Kier molecular flexibility index (Phi) is 5.84. The summed E-state index contributed by atoms with van der Waals surface area (Å²) >= 11 is 0. The number of para-hydroxylation sites is 1. The minimum absolute atomic E-state index is 0.0876. The van der Waals surface area contributed by atoms with Crippen molar-refractivity contribution < 1.29 is 4.79 Å². The van der Waals surface area contributed by atoms with Crippen molar-refractivity contribution >= 4 is 5.91 Å². The third-order valence-corrected chi connectivity index (χ3v) is 4.53. The number of hydrogen-bond acceptors (Lipinski definition) is 2. The Morgan fingerprint density at radius 2 is 1.73 bits per heavy atom. The highest BCUT2D eigenvalue weighted by Crippen LogP contribution is 2.24. The van der Waals surface area contributed by atoms with Crippen LogP contribution in [0.5, 0.6) is 0 Å². The molecule has 0 spiro atoms. The van der Waals surface area contributed by atoms with E-state index in [0.29, 0.717) is 6.54 Å². The highest BCUT2D eigenvalue weighted by atomic mass is 16.2. The molecule has 0 N–H and O–H groups in total. The molecule has 3 aromatic rings. The van der Waals surface area contributed by atoms with Crippen LogP contribution >= 0.6 is 0 Å². The van der Waals surface area contributed by atoms with Crippen molar-refractivity contribution in [1.29, 1.82) is 0 Å². The van der Waals surface area contributed by atoms with E-state index < -0.39 is 0 Å². The van der Waals surface area contributed by atoms with Crippen molar-refractivity contribution in [1.82, 2.24) is 14.7 Å². The molecule has 0 radical (unpaired) electrons. The highest BCUT2D eigenvalue weighted by molar-refractivity contribution is 5.83. The van der Waals surface area contributed by atoms with Crippen LogP contribution in [0.3, 0.4) is 0 Å². The Balaban J connectivity index is 1.71. The minimum Gasteiger partial charge on any atom is -0.341 e. The summed E-state index contributed by atoms with van der Waals surface area (Å²) in [6.07, 6.45) is 5.64. The van der Waals surface area contributed by atoms with Crippen LogP contribution in [-0.4, -0.2) is 27.6 Å². The molecule has 1 aromatic heterocycles. The number of carbonyl (C=O) groups is 1. The summed E-state index contributed by atoms with van der Waals surface area (Å²) in [5.41, 5.74) is 3.13. The Morgan fingerprint density at radius 1 is 1.08 bits per heavy atom. The maximum atomic E-state index is 13.0. The van der Waals surface area contributed by atoms with E-state index in [4.69, 9.17) is 0 Å². The third-order valence-electron chi connectivity index (χ3n) is 4.53. The van der Waals surface area contributed by atoms with E-state index in [1.165, 1.54) is 0 Å². The molecule has 1 atom stereocenters. The van der Waals surface area contributed by atoms with Crippen molar-refractivity contribution in [2.75, 3.05) is 7.05 Å². The van der Waals surface area contributed by atoms with E-state index in [0.717, 1.165) is 29.7 Å². The first-order valence-corrected chi connectivity index (χ1v) is 9.08. The molecule has 0 bridgehead atoms. The molecule has 4 heteroatoms. The second kappa shape index (κ2) is 8.48. The van der Waals surface area contributed by atoms with E-state index >= 15 is 0 Å². The summed E-state index contributed by atoms with van der Waals surface area (Å²) < 4.78 is 1.84. The lowest BCUT2D eigenvalue weighted by Crippen LogP contribution is -2.31. The standard InChI is InChI=1S/C22H25N3O/c1-3-10-21(19-11-6-4-7-12-19)22(26)24(2)16-18-15-23-25(17-18)20-13-8-5-9-14-20/h4-9,11-15,17,21H,3,10,16H2,1-2H3. The number of aromatic nitrogens is 2. The van der Waals surface area contributed by atoms with Gasteiger partial charge in [-0.15, -0.1) is 0 Å². The van der Waals surface area contributed by atoms with Gasteiger partial charge >= 0.3 is 0 Å². The van der Waals surface area contributed by atoms with Gasteiger partial charge in [-0.3, -0.25) is 4.79 Å². The predicted octanol–water partition coefficient (Wildman–Crippen LogP) is 4.41. The van der Waals surface area contributed by atoms with Gasteiger partial charge in [0.2, 0.25) is 5.91 Å². The minimum atomic E-state index is -0.0876. The fraction of sp³-hybridized carbons (Fsp3) is 0.273. The maximum absolute atomic E-state index is 13.0. The number of carbonyl (C=O) groups excluding carboxylic acids is 1. The maximum Gasteiger partial charge on any atom is 0.230 e. The van der Waals surface area contributed by atoms with E-state index in [1.807, 2.05) is 84.8 Å². The van der Waals surface area contributed by atoms with Crippen molar-refractivity contribution in [3.05, 3.63) is 84.2 Å². The summed E-state index contributed by atoms with van der Waals surface area (Å²) in [6.45, 7) is 2.67. The first-order valence-electron chi connectivity index (χ1n) is 9.08. The van der Waals surface area contributed by atoms with Crippen LogP contribution in [0, 0.1) is 0 Å². The molecule has 1 unspecified atom stereocenters. The van der Waals surface area contributed by atoms with Crippen molar-refractivity contribution in [3.63, 3.8) is 0 Å². The Morgan fingerprint density at radius 3 is 2.38 bits per heavy atom. The van der Waals surface area contributed by atoms with Crippen molar-refractivity contribution in [2.24, 2.45) is 0 Å². The van der Waals surface area contributed by atoms with Gasteiger partial charge in [0.1, 0.15) is 0 Å². The van der Waals surface area contributed by atoms with E-state index in [9.17, 15) is 4.79 Å². The fourth-order valence-electron chi connectivity index (χ4n) is 3.19. The molecule has 0 aliphatic rings. The summed E-state index contributed by atoms with van der Waals surface area (Å²) in [5.74, 6) is 0.0703. The largest absolute Gasteiger partial charge is 0.341 e. The molecule has 2 aromatic carbocycles. The highest BCUT2D eigenvalue weighted by Gasteiger charge is 2.23. The molecule has 0 fully saturated rings. The van der Waals surface area contributed by atoms with Crippen LogP contribution in [0.25, 0.3) is 5.69 Å². The summed E-state index contributed by atoms with van der Waals surface area (Å²) in [7, 11) is 1.87. The SMILES string of the molecule is CCCC(C(=O)N(C)Cc1cnn(-c2ccccc2)c1)c1ccccc1. The van der Waals surface area contributed by atoms with Crippen LogP contribution in [0.1, 0.15) is 36.8 Å². The van der Waals surface area contributed by atoms with Crippen molar-refractivity contribution in [3.8, 4) is 5.69 Å². The molecule has 0 saturated heterocycles. The predicted molar refractivity (Wildman–Crippen MR) is 104 cm³/mol. The number of benzene rings is 2. The Hall–Kier alpha value is -2.88. The van der Waals surface area contributed by atoms with Gasteiger partial charge in [-0.25, -0.2) is 4.68 Å². The van der Waals surface area contributed by atoms with Gasteiger partial charge in [-0.2, -0.15) is 5.10 Å². The van der Waals surface area contributed by atoms with Gasteiger partial charge < -0.3 is 4.90 Å². The van der Waals surface area contributed by atoms with Crippen LogP contribution in [0.2, 0.25) is 0 Å². The smallest absolute Gasteiger partial charge is 0.230 e. The number of amides is 1. The van der Waals surface area contributed by atoms with Gasteiger partial charge in [0.15, 0.2) is 0 Å². The van der Waals surface area contributed by atoms with E-state index in [-0.39, 0.29) is 11.8 Å². The molecule has 26 heavy (non-hydrogen) atoms. The van der Waals surface area contributed by atoms with Gasteiger partial charge in [0.25, 0.3) is 0 Å². The molecule has 1 heterocycles. The second-order valence-corrected chi connectivity index (χ2v) is 6.57. The number of rotatable bonds is 7. The van der Waals surface area contributed by atoms with Crippen LogP contribution in [0.15, 0.2) is 73.1 Å². The molecule has 4 nitrogen and oxygen atoms in total. The van der Waals surface area contributed by atoms with Gasteiger partial charge in [-0.05, 0) is 24.1 Å². The molecular formula is C22H25N3O. The first kappa shape index (κ1) is 17.9. The zero-order chi connectivity index (χ0) is 18.4. The topological polar surface area (TPSA) is 38.1 Å². The fourth-order valence-corrected chi connectivity index (χ4v) is 3.19. The van der Waals surface area contributed by atoms with Crippen LogP contribution in [0.4, 0.5) is 0 Å². The number of hydrogen-bond donors (Lipinski definition) is 0. The van der Waals surface area contributed by atoms with Gasteiger partial charge in [0.05, 0.1) is 17.8 Å². The first-order chi connectivity index (χ1) is 12.7. The summed E-state index contributed by atoms with van der Waals surface area (Å²) in [6, 6.07) is 20.0. The lowest BCUT2D eigenvalue weighted by molar-refractivity contribution is -0.132. The van der Waals surface area contributed by atoms with Gasteiger partial charge in [-0.1, -0.05) is 61.9 Å². The molecule has 0 saturated carbocycles. The average molecular weight is 347 g/mol. The monoisotopic (exact) mass is 347 g/mol. The average Bonchev–Trinajstić information content (AvgIpc) is 3.15. The Labute approximate surface area is 155 Å². The second-order valence-electron chi connectivity index (χ2n) is 6.57. The lowest BCUT2D eigenvalue weighted by atomic mass is 9.93. The molecular weight excluding hydrogens is 322 g/mol. The van der Waals surface area contributed by atoms with Crippen LogP contribution in [-0.2, 0) is 11.3 Å². The molecule has 134 valence electrons. The number of likely N-dealkylation sites (N-methyl/N-ethyl adjacent to an activating group) is 1. The van der Waals surface area contributed by atoms with Crippen LogP contribution < -0.4 is 0 Å². The van der Waals surface area contributed by atoms with E-state index in [1.54, 1.807) is 4.90 Å². The number of nitrogens with zero attached hydrogens (tertiary/aromatic N) is 3. The lowest BCUT2D eigenvalue weighted by Gasteiger charge is -2.23. The Bertz CT molecular complexity index is 827. The molecule has 3 rings (SSSR count). The summed E-state index contributed by atoms with van der Waals surface area (Å²) in [5, 5.41) is 4.42. The quantitative estimate of drug-likeness (QED) is 0.635. The van der Waals surface area contributed by atoms with Gasteiger partial charge in [0, 0.05) is 25.4 Å². The van der Waals surface area contributed by atoms with E-state index in [2.05, 4.69) is 12.0 Å². The zero-order valence-electron chi connectivity index (χ0n) is 15.4. The third kappa shape index (κ3) is 4.20. The molecule has 0 aliphatic heterocycles. The van der Waals surface area contributed by atoms with Crippen molar-refractivity contribution in [2.45, 2.75) is 32.2 Å². The molecule has 0 aliphatic carbocycles. The normalized spacial score (nSPS) is 11.9.